The third kappa shape index (κ3) is 8.83. The summed E-state index contributed by atoms with van der Waals surface area (Å²) in [7, 11) is 0. The smallest absolute Gasteiger partial charge is 0.337 e. The van der Waals surface area contributed by atoms with Crippen molar-refractivity contribution in [1.82, 2.24) is 10.2 Å². The average molecular weight is 579 g/mol. The summed E-state index contributed by atoms with van der Waals surface area (Å²) in [6.07, 6.45) is 2.49. The van der Waals surface area contributed by atoms with Gasteiger partial charge in [-0.1, -0.05) is 92.6 Å². The molecule has 2 atom stereocenters. The number of unbranched alkanes of at least 4 members (excludes halogenated alkanes) is 2. The van der Waals surface area contributed by atoms with Crippen LogP contribution in [-0.4, -0.2) is 56.8 Å². The number of phenols is 1. The molecule has 0 aliphatic carbocycles. The van der Waals surface area contributed by atoms with Crippen molar-refractivity contribution in [2.24, 2.45) is 0 Å². The van der Waals surface area contributed by atoms with E-state index in [2.05, 4.69) is 24.9 Å². The van der Waals surface area contributed by atoms with E-state index in [0.717, 1.165) is 24.0 Å². The summed E-state index contributed by atoms with van der Waals surface area (Å²) < 4.78 is 5.74. The number of esters is 1. The van der Waals surface area contributed by atoms with E-state index in [1.807, 2.05) is 60.7 Å². The zero-order valence-electron chi connectivity index (χ0n) is 23.2. The lowest BCUT2D eigenvalue weighted by molar-refractivity contribution is -0.165. The number of rotatable bonds is 16. The lowest BCUT2D eigenvalue weighted by Gasteiger charge is -2.40. The first-order chi connectivity index (χ1) is 19.8. The number of ether oxygens (including phenoxy) is 1. The molecular weight excluding hydrogens is 540 g/mol. The zero-order valence-corrected chi connectivity index (χ0v) is 24.1. The van der Waals surface area contributed by atoms with Gasteiger partial charge in [-0.15, -0.1) is 0 Å². The van der Waals surface area contributed by atoms with Gasteiger partial charge in [0.15, 0.2) is 0 Å². The van der Waals surface area contributed by atoms with Crippen molar-refractivity contribution < 1.29 is 29.3 Å². The van der Waals surface area contributed by atoms with Gasteiger partial charge in [0.2, 0.25) is 5.54 Å². The fraction of sp³-hybridized carbons (Fsp3) is 0.344. The average Bonchev–Trinajstić information content (AvgIpc) is 2.98. The third-order valence-electron chi connectivity index (χ3n) is 6.92. The summed E-state index contributed by atoms with van der Waals surface area (Å²) in [6, 6.07) is 23.4. The predicted octanol–water partition coefficient (Wildman–Crippen LogP) is 4.61. The van der Waals surface area contributed by atoms with Crippen molar-refractivity contribution in [3.8, 4) is 5.75 Å². The van der Waals surface area contributed by atoms with Gasteiger partial charge in [-0.25, -0.2) is 9.59 Å². The molecule has 0 saturated heterocycles. The van der Waals surface area contributed by atoms with Crippen LogP contribution in [0.25, 0.3) is 0 Å². The van der Waals surface area contributed by atoms with Crippen LogP contribution < -0.4 is 5.32 Å². The van der Waals surface area contributed by atoms with Gasteiger partial charge >= 0.3 is 11.9 Å². The number of hydrogen-bond donors (Lipinski definition) is 4. The number of benzene rings is 3. The van der Waals surface area contributed by atoms with Crippen LogP contribution in [-0.2, 0) is 38.7 Å². The highest BCUT2D eigenvalue weighted by Crippen LogP contribution is 2.26. The van der Waals surface area contributed by atoms with Crippen molar-refractivity contribution in [2.45, 2.75) is 57.3 Å². The van der Waals surface area contributed by atoms with Crippen LogP contribution in [0, 0.1) is 0 Å². The molecule has 3 rings (SSSR count). The van der Waals surface area contributed by atoms with E-state index < -0.39 is 29.4 Å². The Morgan fingerprint density at radius 1 is 0.902 bits per heavy atom. The molecule has 3 aromatic carbocycles. The van der Waals surface area contributed by atoms with Gasteiger partial charge in [0.05, 0.1) is 0 Å². The molecule has 218 valence electrons. The number of aromatic hydroxyl groups is 1. The second kappa shape index (κ2) is 15.8. The van der Waals surface area contributed by atoms with Gasteiger partial charge in [0, 0.05) is 25.3 Å². The van der Waals surface area contributed by atoms with Crippen LogP contribution in [0.1, 0.15) is 42.9 Å². The van der Waals surface area contributed by atoms with E-state index >= 15 is 0 Å². The molecule has 1 amide bonds. The largest absolute Gasteiger partial charge is 0.508 e. The minimum Gasteiger partial charge on any atom is -0.508 e. The lowest BCUT2D eigenvalue weighted by atomic mass is 9.94. The number of carboxylic acid groups (broad SMARTS) is 1. The molecule has 0 fully saturated rings. The standard InChI is InChI=1S/C32H38N2O6S/c1-2-3-10-19-34(21-25-11-6-4-7-12-25)32(23-41,31(39)40-22-26-13-8-5-9-14-26)30(38)33-28(29(36)37)20-24-15-17-27(35)18-16-24/h4-9,11-18,28,35,41H,2-3,10,19-23H2,1H3,(H,33,38)(H,36,37)/t28?,32-/m0/s1. The number of nitrogens with zero attached hydrogens (tertiary/aromatic N) is 1. The minimum atomic E-state index is -1.90. The molecule has 9 heteroatoms. The highest BCUT2D eigenvalue weighted by Gasteiger charge is 2.52. The zero-order chi connectivity index (χ0) is 29.7. The normalized spacial score (nSPS) is 13.2. The Balaban J connectivity index is 1.98. The van der Waals surface area contributed by atoms with Crippen molar-refractivity contribution in [3.63, 3.8) is 0 Å². The second-order valence-corrected chi connectivity index (χ2v) is 10.2. The fourth-order valence-electron chi connectivity index (χ4n) is 4.55. The minimum absolute atomic E-state index is 0.0441. The number of carboxylic acids is 1. The summed E-state index contributed by atoms with van der Waals surface area (Å²) in [5, 5.41) is 22.2. The monoisotopic (exact) mass is 578 g/mol. The number of phenolic OH excluding ortho intramolecular Hbond substituents is 1. The van der Waals surface area contributed by atoms with E-state index in [9.17, 15) is 24.6 Å². The molecule has 0 aliphatic rings. The highest BCUT2D eigenvalue weighted by molar-refractivity contribution is 7.80. The van der Waals surface area contributed by atoms with Crippen molar-refractivity contribution in [1.29, 1.82) is 0 Å². The van der Waals surface area contributed by atoms with Crippen molar-refractivity contribution in [2.75, 3.05) is 12.3 Å². The topological polar surface area (TPSA) is 116 Å². The van der Waals surface area contributed by atoms with Crippen LogP contribution in [0.4, 0.5) is 0 Å². The Bertz CT molecular complexity index is 1260. The Hall–Kier alpha value is -3.82. The molecule has 0 saturated carbocycles. The number of hydrogen-bond acceptors (Lipinski definition) is 7. The molecule has 1 unspecified atom stereocenters. The summed E-state index contributed by atoms with van der Waals surface area (Å²) in [4.78, 5) is 42.2. The molecule has 0 bridgehead atoms. The Morgan fingerprint density at radius 3 is 2.07 bits per heavy atom. The first-order valence-corrected chi connectivity index (χ1v) is 14.4. The molecule has 0 radical (unpaired) electrons. The highest BCUT2D eigenvalue weighted by atomic mass is 32.1. The maximum absolute atomic E-state index is 14.2. The lowest BCUT2D eigenvalue weighted by Crippen LogP contribution is -2.67. The van der Waals surface area contributed by atoms with Gasteiger partial charge in [-0.2, -0.15) is 12.6 Å². The molecular formula is C32H38N2O6S. The van der Waals surface area contributed by atoms with Gasteiger partial charge in [0.25, 0.3) is 5.91 Å². The fourth-order valence-corrected chi connectivity index (χ4v) is 5.02. The van der Waals surface area contributed by atoms with Gasteiger partial charge < -0.3 is 20.3 Å². The van der Waals surface area contributed by atoms with Gasteiger partial charge in [-0.05, 0) is 35.2 Å². The maximum atomic E-state index is 14.2. The van der Waals surface area contributed by atoms with E-state index in [4.69, 9.17) is 4.74 Å². The van der Waals surface area contributed by atoms with Crippen LogP contribution in [0.15, 0.2) is 84.9 Å². The third-order valence-corrected chi connectivity index (χ3v) is 7.38. The molecule has 3 aromatic rings. The molecule has 0 spiro atoms. The molecule has 41 heavy (non-hydrogen) atoms. The molecule has 3 N–H and O–H groups in total. The van der Waals surface area contributed by atoms with Crippen molar-refractivity contribution in [3.05, 3.63) is 102 Å². The molecule has 0 heterocycles. The van der Waals surface area contributed by atoms with Crippen LogP contribution >= 0.6 is 12.6 Å². The maximum Gasteiger partial charge on any atom is 0.337 e. The number of carbonyl (C=O) groups is 3. The Morgan fingerprint density at radius 2 is 1.51 bits per heavy atom. The molecule has 0 aliphatic heterocycles. The number of carbonyl (C=O) groups excluding carboxylic acids is 2. The summed E-state index contributed by atoms with van der Waals surface area (Å²) in [5.74, 6) is -3.02. The first-order valence-electron chi connectivity index (χ1n) is 13.7. The van der Waals surface area contributed by atoms with Gasteiger partial charge in [-0.3, -0.25) is 9.69 Å². The van der Waals surface area contributed by atoms with Crippen LogP contribution in [0.2, 0.25) is 0 Å². The van der Waals surface area contributed by atoms with Crippen LogP contribution in [0.3, 0.4) is 0 Å². The first kappa shape index (κ1) is 31.7. The molecule has 0 aromatic heterocycles. The number of nitrogens with one attached hydrogen (secondary N) is 1. The second-order valence-electron chi connectivity index (χ2n) is 9.93. The van der Waals surface area contributed by atoms with Crippen LogP contribution in [0.5, 0.6) is 5.75 Å². The summed E-state index contributed by atoms with van der Waals surface area (Å²) in [6.45, 7) is 2.67. The van der Waals surface area contributed by atoms with Crippen molar-refractivity contribution >= 4 is 30.5 Å². The predicted molar refractivity (Wildman–Crippen MR) is 161 cm³/mol. The number of amides is 1. The summed E-state index contributed by atoms with van der Waals surface area (Å²) in [5.41, 5.74) is 0.343. The quantitative estimate of drug-likeness (QED) is 0.0849. The number of thiol groups is 1. The van der Waals surface area contributed by atoms with E-state index in [1.165, 1.54) is 12.1 Å². The summed E-state index contributed by atoms with van der Waals surface area (Å²) >= 11 is 4.52. The molecule has 8 nitrogen and oxygen atoms in total. The van der Waals surface area contributed by atoms with E-state index in [1.54, 1.807) is 17.0 Å². The Kier molecular flexibility index (Phi) is 12.2. The van der Waals surface area contributed by atoms with E-state index in [-0.39, 0.29) is 31.1 Å². The Labute approximate surface area is 246 Å². The van der Waals surface area contributed by atoms with Gasteiger partial charge in [0.1, 0.15) is 18.4 Å². The van der Waals surface area contributed by atoms with E-state index in [0.29, 0.717) is 18.5 Å². The number of aliphatic carboxylic acids is 1. The SMILES string of the molecule is CCCCCN(Cc1ccccc1)[C@@](CS)(C(=O)NC(Cc1ccc(O)cc1)C(=O)O)C(=O)OCc1ccccc1.